The Balaban J connectivity index is 2.39. The van der Waals surface area contributed by atoms with Crippen LogP contribution in [0.2, 0.25) is 5.02 Å². The summed E-state index contributed by atoms with van der Waals surface area (Å²) in [6.07, 6.45) is 0.247. The molecule has 1 aliphatic heterocycles. The smallest absolute Gasteiger partial charge is 0.314 e. The van der Waals surface area contributed by atoms with Crippen molar-refractivity contribution < 1.29 is 18.0 Å². The topological polar surface area (TPSA) is 65.3 Å². The van der Waals surface area contributed by atoms with Gasteiger partial charge in [0, 0.05) is 17.3 Å². The van der Waals surface area contributed by atoms with Crippen molar-refractivity contribution in [3.63, 3.8) is 0 Å². The molecule has 0 aromatic heterocycles. The van der Waals surface area contributed by atoms with Gasteiger partial charge in [-0.2, -0.15) is 13.2 Å². The molecule has 1 atom stereocenters. The third kappa shape index (κ3) is 6.01. The van der Waals surface area contributed by atoms with Crippen LogP contribution in [0.1, 0.15) is 55.5 Å². The summed E-state index contributed by atoms with van der Waals surface area (Å²) in [5, 5.41) is 10.3. The molecule has 152 valence electrons. The number of nitrogens with one attached hydrogen (secondary N) is 2. The number of ketones is 1. The Labute approximate surface area is 167 Å². The molecule has 2 rings (SSSR count). The maximum Gasteiger partial charge on any atom is 0.417 e. The summed E-state index contributed by atoms with van der Waals surface area (Å²) in [5.74, 6) is -0.524. The second-order valence-electron chi connectivity index (χ2n) is 6.83. The number of hydrogen-bond acceptors (Lipinski definition) is 3. The minimum absolute atomic E-state index is 0.0875. The maximum atomic E-state index is 13.1. The molecule has 4 nitrogen and oxygen atoms in total. The Bertz CT molecular complexity index is 809. The first-order valence-electron chi connectivity index (χ1n) is 9.04. The molecule has 0 bridgehead atoms. The number of benzene rings is 1. The lowest BCUT2D eigenvalue weighted by atomic mass is 9.94. The zero-order valence-corrected chi connectivity index (χ0v) is 16.5. The van der Waals surface area contributed by atoms with Crippen LogP contribution in [0, 0.1) is 5.41 Å². The van der Waals surface area contributed by atoms with Gasteiger partial charge in [0.25, 0.3) is 0 Å². The Morgan fingerprint density at radius 2 is 2.07 bits per heavy atom. The molecule has 0 spiro atoms. The first-order chi connectivity index (χ1) is 13.1. The fourth-order valence-corrected chi connectivity index (χ4v) is 3.50. The summed E-state index contributed by atoms with van der Waals surface area (Å²) in [5.41, 5.74) is -0.157. The average molecular weight is 414 g/mol. The highest BCUT2D eigenvalue weighted by atomic mass is 35.5. The van der Waals surface area contributed by atoms with Crippen molar-refractivity contribution in [1.29, 1.82) is 5.41 Å². The van der Waals surface area contributed by atoms with Crippen LogP contribution in [0.4, 0.5) is 13.2 Å². The molecule has 28 heavy (non-hydrogen) atoms. The number of alkyl halides is 3. The lowest BCUT2D eigenvalue weighted by molar-refractivity contribution is -0.137. The Morgan fingerprint density at radius 1 is 1.36 bits per heavy atom. The van der Waals surface area contributed by atoms with Crippen LogP contribution in [0.5, 0.6) is 0 Å². The molecular formula is C20H23ClF3N3O. The Hall–Kier alpha value is -1.99. The second-order valence-corrected chi connectivity index (χ2v) is 7.21. The zero-order chi connectivity index (χ0) is 20.9. The Kier molecular flexibility index (Phi) is 7.55. The molecule has 0 amide bonds. The highest BCUT2D eigenvalue weighted by Crippen LogP contribution is 2.36. The van der Waals surface area contributed by atoms with E-state index in [0.29, 0.717) is 17.7 Å². The molecule has 1 aliphatic rings. The number of amidine groups is 1. The summed E-state index contributed by atoms with van der Waals surface area (Å²) in [4.78, 5) is 16.8. The lowest BCUT2D eigenvalue weighted by Crippen LogP contribution is -2.34. The number of hydrogen-bond donors (Lipinski definition) is 2. The summed E-state index contributed by atoms with van der Waals surface area (Å²) < 4.78 is 39.2. The second kappa shape index (κ2) is 9.47. The largest absolute Gasteiger partial charge is 0.417 e. The summed E-state index contributed by atoms with van der Waals surface area (Å²) >= 11 is 5.88. The third-order valence-electron chi connectivity index (χ3n) is 4.55. The first kappa shape index (κ1) is 22.3. The van der Waals surface area contributed by atoms with Crippen LogP contribution >= 0.6 is 11.6 Å². The molecular weight excluding hydrogens is 391 g/mol. The fourth-order valence-electron chi connectivity index (χ4n) is 3.18. The number of halogens is 4. The minimum atomic E-state index is -4.64. The van der Waals surface area contributed by atoms with Gasteiger partial charge in [-0.15, -0.1) is 0 Å². The van der Waals surface area contributed by atoms with Crippen LogP contribution in [0.15, 0.2) is 34.8 Å². The third-order valence-corrected chi connectivity index (χ3v) is 4.96. The Morgan fingerprint density at radius 3 is 2.64 bits per heavy atom. The predicted molar refractivity (Wildman–Crippen MR) is 106 cm³/mol. The van der Waals surface area contributed by atoms with E-state index in [0.717, 1.165) is 31.9 Å². The van der Waals surface area contributed by atoms with Gasteiger partial charge in [0.05, 0.1) is 10.6 Å². The SMILES string of the molecule is CC(=N)/N=C(C)\C(=C\C(=O)c1cccc(C(F)(F)F)c1Cl)CC1CCCCN1. The number of rotatable bonds is 5. The van der Waals surface area contributed by atoms with Crippen molar-refractivity contribution in [3.8, 4) is 0 Å². The molecule has 1 unspecified atom stereocenters. The molecule has 0 aliphatic carbocycles. The molecule has 1 aromatic rings. The number of piperidine rings is 1. The number of nitrogens with zero attached hydrogens (tertiary/aromatic N) is 1. The molecule has 1 aromatic carbocycles. The zero-order valence-electron chi connectivity index (χ0n) is 15.8. The van der Waals surface area contributed by atoms with Crippen LogP contribution < -0.4 is 5.32 Å². The monoisotopic (exact) mass is 413 g/mol. The summed E-state index contributed by atoms with van der Waals surface area (Å²) in [6.45, 7) is 4.09. The van der Waals surface area contributed by atoms with E-state index in [1.54, 1.807) is 6.92 Å². The first-order valence-corrected chi connectivity index (χ1v) is 9.42. The molecule has 1 fully saturated rings. The van der Waals surface area contributed by atoms with Crippen molar-refractivity contribution in [2.45, 2.75) is 51.7 Å². The lowest BCUT2D eigenvalue weighted by Gasteiger charge is -2.24. The highest BCUT2D eigenvalue weighted by Gasteiger charge is 2.34. The van der Waals surface area contributed by atoms with Gasteiger partial charge < -0.3 is 5.32 Å². The van der Waals surface area contributed by atoms with Crippen LogP contribution in [0.25, 0.3) is 0 Å². The average Bonchev–Trinajstić information content (AvgIpc) is 2.60. The van der Waals surface area contributed by atoms with E-state index in [1.807, 2.05) is 0 Å². The number of aliphatic imine (C=N–C) groups is 1. The maximum absolute atomic E-state index is 13.1. The van der Waals surface area contributed by atoms with Crippen LogP contribution in [-0.2, 0) is 6.18 Å². The van der Waals surface area contributed by atoms with Crippen molar-refractivity contribution in [2.24, 2.45) is 4.99 Å². The van der Waals surface area contributed by atoms with E-state index in [2.05, 4.69) is 10.3 Å². The van der Waals surface area contributed by atoms with E-state index < -0.39 is 22.5 Å². The molecule has 1 heterocycles. The molecule has 0 saturated carbocycles. The highest BCUT2D eigenvalue weighted by molar-refractivity contribution is 6.35. The van der Waals surface area contributed by atoms with E-state index in [1.165, 1.54) is 25.1 Å². The summed E-state index contributed by atoms with van der Waals surface area (Å²) in [6, 6.07) is 3.45. The van der Waals surface area contributed by atoms with Gasteiger partial charge in [-0.1, -0.05) is 24.1 Å². The van der Waals surface area contributed by atoms with Crippen molar-refractivity contribution in [2.75, 3.05) is 6.54 Å². The van der Waals surface area contributed by atoms with E-state index in [9.17, 15) is 18.0 Å². The van der Waals surface area contributed by atoms with Crippen molar-refractivity contribution >= 4 is 28.9 Å². The van der Waals surface area contributed by atoms with Crippen molar-refractivity contribution in [1.82, 2.24) is 5.32 Å². The van der Waals surface area contributed by atoms with Crippen molar-refractivity contribution in [3.05, 3.63) is 46.0 Å². The standard InChI is InChI=1S/C20H23ClF3N3O/c1-12(27-13(2)25)14(10-15-6-3-4-9-26-15)11-18(28)16-7-5-8-17(19(16)21)20(22,23)24/h5,7-8,11,15,25-26H,3-4,6,9-10H2,1-2H3/b14-11+,25-13?,27-12-. The van der Waals surface area contributed by atoms with Gasteiger partial charge in [0.2, 0.25) is 0 Å². The van der Waals surface area contributed by atoms with Gasteiger partial charge >= 0.3 is 6.18 Å². The quantitative estimate of drug-likeness (QED) is 0.291. The van der Waals surface area contributed by atoms with E-state index in [-0.39, 0.29) is 17.4 Å². The number of allylic oxidation sites excluding steroid dienone is 1. The molecule has 0 radical (unpaired) electrons. The normalized spacial score (nSPS) is 18.9. The predicted octanol–water partition coefficient (Wildman–Crippen LogP) is 5.46. The van der Waals surface area contributed by atoms with Gasteiger partial charge in [-0.05, 0) is 63.4 Å². The van der Waals surface area contributed by atoms with Gasteiger partial charge in [0.15, 0.2) is 5.78 Å². The molecule has 1 saturated heterocycles. The number of carbonyl (C=O) groups excluding carboxylic acids is 1. The van der Waals surface area contributed by atoms with Gasteiger partial charge in [-0.25, -0.2) is 4.99 Å². The summed E-state index contributed by atoms with van der Waals surface area (Å²) in [7, 11) is 0. The van der Waals surface area contributed by atoms with Crippen LogP contribution in [0.3, 0.4) is 0 Å². The molecule has 8 heteroatoms. The minimum Gasteiger partial charge on any atom is -0.314 e. The van der Waals surface area contributed by atoms with E-state index in [4.69, 9.17) is 17.0 Å². The van der Waals surface area contributed by atoms with Gasteiger partial charge in [-0.3, -0.25) is 10.2 Å². The van der Waals surface area contributed by atoms with E-state index >= 15 is 0 Å². The van der Waals surface area contributed by atoms with Crippen LogP contribution in [-0.4, -0.2) is 29.9 Å². The number of carbonyl (C=O) groups is 1. The fraction of sp³-hybridized carbons (Fsp3) is 0.450. The van der Waals surface area contributed by atoms with Gasteiger partial charge in [0.1, 0.15) is 5.84 Å². The molecule has 2 N–H and O–H groups in total.